The van der Waals surface area contributed by atoms with Crippen LogP contribution in [0.4, 0.5) is 0 Å². The summed E-state index contributed by atoms with van der Waals surface area (Å²) in [6, 6.07) is 5.35. The Morgan fingerprint density at radius 3 is 2.82 bits per heavy atom. The maximum absolute atomic E-state index is 12.3. The fourth-order valence-corrected chi connectivity index (χ4v) is 3.89. The minimum Gasteiger partial charge on any atom is -0.294 e. The minimum absolute atomic E-state index is 0.0124. The van der Waals surface area contributed by atoms with Crippen molar-refractivity contribution in [3.63, 3.8) is 0 Å². The Labute approximate surface area is 135 Å². The van der Waals surface area contributed by atoms with E-state index in [1.54, 1.807) is 18.3 Å². The second kappa shape index (κ2) is 6.02. The number of imidazole rings is 1. The van der Waals surface area contributed by atoms with E-state index in [-0.39, 0.29) is 11.6 Å². The molecule has 0 fully saturated rings. The van der Waals surface area contributed by atoms with Crippen molar-refractivity contribution in [1.29, 1.82) is 0 Å². The standard InChI is InChI=1S/C15H13N3O2S2/c1-9-7-14(18-6-5-16-15(18)17-9)21-8-11(20)13-4-3-12(22-13)10(2)19/h3-7H,8H2,1-2H3. The van der Waals surface area contributed by atoms with Crippen molar-refractivity contribution < 1.29 is 9.59 Å². The molecule has 3 heterocycles. The fourth-order valence-electron chi connectivity index (χ4n) is 1.99. The number of thiophene rings is 1. The number of thioether (sulfide) groups is 1. The lowest BCUT2D eigenvalue weighted by Gasteiger charge is -2.05. The molecule has 0 aromatic carbocycles. The van der Waals surface area contributed by atoms with Crippen molar-refractivity contribution in [3.05, 3.63) is 46.0 Å². The Bertz CT molecular complexity index is 867. The highest BCUT2D eigenvalue weighted by Crippen LogP contribution is 2.23. The average Bonchev–Trinajstić information content (AvgIpc) is 3.12. The van der Waals surface area contributed by atoms with E-state index in [1.165, 1.54) is 30.0 Å². The van der Waals surface area contributed by atoms with Crippen LogP contribution in [0.15, 0.2) is 35.6 Å². The molecule has 0 spiro atoms. The van der Waals surface area contributed by atoms with Gasteiger partial charge in [0, 0.05) is 18.1 Å². The summed E-state index contributed by atoms with van der Waals surface area (Å²) in [7, 11) is 0. The second-order valence-corrected chi connectivity index (χ2v) is 6.84. The normalized spacial score (nSPS) is 11.0. The third-order valence-electron chi connectivity index (χ3n) is 3.05. The van der Waals surface area contributed by atoms with Crippen molar-refractivity contribution in [2.75, 3.05) is 5.75 Å². The zero-order valence-corrected chi connectivity index (χ0v) is 13.7. The summed E-state index contributed by atoms with van der Waals surface area (Å²) in [6.45, 7) is 3.41. The number of fused-ring (bicyclic) bond motifs is 1. The van der Waals surface area contributed by atoms with Gasteiger partial charge in [-0.15, -0.1) is 11.3 Å². The molecule has 0 atom stereocenters. The van der Waals surface area contributed by atoms with Crippen molar-refractivity contribution in [1.82, 2.24) is 14.4 Å². The third-order valence-corrected chi connectivity index (χ3v) is 5.29. The maximum atomic E-state index is 12.3. The van der Waals surface area contributed by atoms with Gasteiger partial charge in [0.05, 0.1) is 20.5 Å². The molecule has 0 unspecified atom stereocenters. The predicted molar refractivity (Wildman–Crippen MR) is 87.1 cm³/mol. The van der Waals surface area contributed by atoms with Gasteiger partial charge < -0.3 is 0 Å². The number of aryl methyl sites for hydroxylation is 1. The van der Waals surface area contributed by atoms with Crippen LogP contribution in [0.25, 0.3) is 5.78 Å². The average molecular weight is 331 g/mol. The number of carbonyl (C=O) groups is 2. The van der Waals surface area contributed by atoms with Crippen LogP contribution in [0.5, 0.6) is 0 Å². The molecule has 5 nitrogen and oxygen atoms in total. The van der Waals surface area contributed by atoms with E-state index in [1.807, 2.05) is 23.6 Å². The first kappa shape index (κ1) is 14.9. The zero-order valence-electron chi connectivity index (χ0n) is 12.1. The van der Waals surface area contributed by atoms with Crippen molar-refractivity contribution >= 4 is 40.4 Å². The van der Waals surface area contributed by atoms with Gasteiger partial charge in [0.25, 0.3) is 0 Å². The summed E-state index contributed by atoms with van der Waals surface area (Å²) in [5.74, 6) is 0.950. The molecule has 0 amide bonds. The Balaban J connectivity index is 1.77. The Hall–Kier alpha value is -1.99. The van der Waals surface area contributed by atoms with Crippen LogP contribution in [-0.4, -0.2) is 31.7 Å². The van der Waals surface area contributed by atoms with Gasteiger partial charge >= 0.3 is 0 Å². The van der Waals surface area contributed by atoms with Crippen LogP contribution in [0.2, 0.25) is 0 Å². The summed E-state index contributed by atoms with van der Waals surface area (Å²) >= 11 is 2.69. The van der Waals surface area contributed by atoms with Gasteiger partial charge in [0.2, 0.25) is 5.78 Å². The van der Waals surface area contributed by atoms with Crippen LogP contribution in [0, 0.1) is 6.92 Å². The molecule has 0 aliphatic rings. The van der Waals surface area contributed by atoms with E-state index in [4.69, 9.17) is 0 Å². The molecule has 0 bridgehead atoms. The molecule has 112 valence electrons. The predicted octanol–water partition coefficient (Wildman–Crippen LogP) is 3.28. The van der Waals surface area contributed by atoms with E-state index in [9.17, 15) is 9.59 Å². The molecule has 0 N–H and O–H groups in total. The first-order chi connectivity index (χ1) is 10.5. The van der Waals surface area contributed by atoms with E-state index in [2.05, 4.69) is 9.97 Å². The first-order valence-electron chi connectivity index (χ1n) is 6.62. The first-order valence-corrected chi connectivity index (χ1v) is 8.42. The minimum atomic E-state index is -0.0124. The van der Waals surface area contributed by atoms with Gasteiger partial charge in [-0.2, -0.15) is 0 Å². The Morgan fingerprint density at radius 1 is 1.32 bits per heavy atom. The van der Waals surface area contributed by atoms with E-state index in [0.717, 1.165) is 10.7 Å². The molecule has 7 heteroatoms. The van der Waals surface area contributed by atoms with E-state index < -0.39 is 0 Å². The van der Waals surface area contributed by atoms with E-state index >= 15 is 0 Å². The third kappa shape index (κ3) is 2.95. The van der Waals surface area contributed by atoms with Gasteiger partial charge in [-0.25, -0.2) is 9.97 Å². The van der Waals surface area contributed by atoms with Crippen molar-refractivity contribution in [2.24, 2.45) is 0 Å². The fraction of sp³-hybridized carbons (Fsp3) is 0.200. The van der Waals surface area contributed by atoms with Crippen molar-refractivity contribution in [2.45, 2.75) is 18.9 Å². The van der Waals surface area contributed by atoms with Gasteiger partial charge in [0.15, 0.2) is 11.6 Å². The van der Waals surface area contributed by atoms with Crippen LogP contribution in [-0.2, 0) is 0 Å². The molecular formula is C15H13N3O2S2. The van der Waals surface area contributed by atoms with Crippen LogP contribution in [0.1, 0.15) is 32.0 Å². The lowest BCUT2D eigenvalue weighted by Crippen LogP contribution is -2.02. The summed E-state index contributed by atoms with van der Waals surface area (Å²) in [6.07, 6.45) is 3.51. The molecule has 3 aromatic rings. The largest absolute Gasteiger partial charge is 0.294 e. The summed E-state index contributed by atoms with van der Waals surface area (Å²) in [5.41, 5.74) is 0.864. The SMILES string of the molecule is CC(=O)c1ccc(C(=O)CSc2cc(C)nc3nccn23)s1. The van der Waals surface area contributed by atoms with Gasteiger partial charge in [-0.1, -0.05) is 11.8 Å². The number of ketones is 2. The monoisotopic (exact) mass is 331 g/mol. The molecule has 0 aliphatic heterocycles. The van der Waals surface area contributed by atoms with Gasteiger partial charge in [0.1, 0.15) is 0 Å². The zero-order chi connectivity index (χ0) is 15.7. The van der Waals surface area contributed by atoms with Crippen molar-refractivity contribution in [3.8, 4) is 0 Å². The molecule has 0 aliphatic carbocycles. The van der Waals surface area contributed by atoms with Gasteiger partial charge in [-0.3, -0.25) is 14.0 Å². The van der Waals surface area contributed by atoms with Gasteiger partial charge in [-0.05, 0) is 32.0 Å². The van der Waals surface area contributed by atoms with Crippen LogP contribution >= 0.6 is 23.1 Å². The number of Topliss-reactive ketones (excluding diaryl/α,β-unsaturated/α-hetero) is 2. The number of rotatable bonds is 5. The molecule has 0 saturated heterocycles. The lowest BCUT2D eigenvalue weighted by molar-refractivity contribution is 0.101. The maximum Gasteiger partial charge on any atom is 0.234 e. The molecule has 0 radical (unpaired) electrons. The highest BCUT2D eigenvalue weighted by molar-refractivity contribution is 8.00. The topological polar surface area (TPSA) is 64.3 Å². The molecule has 0 saturated carbocycles. The molecular weight excluding hydrogens is 318 g/mol. The molecule has 22 heavy (non-hydrogen) atoms. The number of hydrogen-bond donors (Lipinski definition) is 0. The van der Waals surface area contributed by atoms with Crippen LogP contribution < -0.4 is 0 Å². The quantitative estimate of drug-likeness (QED) is 0.408. The molecule has 3 rings (SSSR count). The van der Waals surface area contributed by atoms with Crippen LogP contribution in [0.3, 0.4) is 0 Å². The lowest BCUT2D eigenvalue weighted by atomic mass is 10.3. The number of nitrogens with zero attached hydrogens (tertiary/aromatic N) is 3. The number of aromatic nitrogens is 3. The highest BCUT2D eigenvalue weighted by atomic mass is 32.2. The number of hydrogen-bond acceptors (Lipinski definition) is 6. The summed E-state index contributed by atoms with van der Waals surface area (Å²) in [5, 5.41) is 0.927. The molecule has 3 aromatic heterocycles. The Morgan fingerprint density at radius 2 is 2.09 bits per heavy atom. The Kier molecular flexibility index (Phi) is 4.08. The summed E-state index contributed by atoms with van der Waals surface area (Å²) < 4.78 is 1.86. The smallest absolute Gasteiger partial charge is 0.234 e. The number of carbonyl (C=O) groups excluding carboxylic acids is 2. The summed E-state index contributed by atoms with van der Waals surface area (Å²) in [4.78, 5) is 33.3. The second-order valence-electron chi connectivity index (χ2n) is 4.76. The highest BCUT2D eigenvalue weighted by Gasteiger charge is 2.13. The van der Waals surface area contributed by atoms with E-state index in [0.29, 0.717) is 21.3 Å².